The Balaban J connectivity index is 1.74. The molecule has 0 radical (unpaired) electrons. The van der Waals surface area contributed by atoms with Gasteiger partial charge in [0.05, 0.1) is 0 Å². The highest BCUT2D eigenvalue weighted by molar-refractivity contribution is 5.38. The van der Waals surface area contributed by atoms with E-state index in [1.54, 1.807) is 6.20 Å². The molecular weight excluding hydrogens is 260 g/mol. The number of hydrogen-bond acceptors (Lipinski definition) is 3. The standard InChI is InChI=1S/C18H22N2O/c1-2-19-13-14-9-10-20-18(11-14)21-17-8-7-15-5-3-4-6-16(15)12-17/h7-12,19H,2-6,13H2,1H3. The minimum absolute atomic E-state index is 0.668. The summed E-state index contributed by atoms with van der Waals surface area (Å²) in [6.45, 7) is 3.91. The van der Waals surface area contributed by atoms with Crippen LogP contribution in [0.1, 0.15) is 36.5 Å². The van der Waals surface area contributed by atoms with E-state index < -0.39 is 0 Å². The predicted octanol–water partition coefficient (Wildman–Crippen LogP) is 3.86. The van der Waals surface area contributed by atoms with Crippen LogP contribution in [-0.4, -0.2) is 11.5 Å². The Hall–Kier alpha value is -1.87. The first-order valence-electron chi connectivity index (χ1n) is 7.80. The van der Waals surface area contributed by atoms with Gasteiger partial charge in [0.15, 0.2) is 0 Å². The van der Waals surface area contributed by atoms with Gasteiger partial charge in [-0.1, -0.05) is 13.0 Å². The molecule has 1 aliphatic rings. The zero-order valence-electron chi connectivity index (χ0n) is 12.6. The molecule has 1 aromatic heterocycles. The van der Waals surface area contributed by atoms with Crippen LogP contribution in [0.3, 0.4) is 0 Å². The van der Waals surface area contributed by atoms with E-state index in [4.69, 9.17) is 4.74 Å². The molecule has 0 aliphatic heterocycles. The first kappa shape index (κ1) is 14.1. The lowest BCUT2D eigenvalue weighted by Gasteiger charge is -2.16. The van der Waals surface area contributed by atoms with Crippen LogP contribution in [0.4, 0.5) is 0 Å². The molecule has 21 heavy (non-hydrogen) atoms. The van der Waals surface area contributed by atoms with Crippen molar-refractivity contribution in [3.05, 3.63) is 53.2 Å². The molecule has 0 fully saturated rings. The summed E-state index contributed by atoms with van der Waals surface area (Å²) >= 11 is 0. The summed E-state index contributed by atoms with van der Waals surface area (Å²) in [5, 5.41) is 3.31. The van der Waals surface area contributed by atoms with E-state index in [2.05, 4.69) is 35.4 Å². The number of nitrogens with zero attached hydrogens (tertiary/aromatic N) is 1. The van der Waals surface area contributed by atoms with Gasteiger partial charge in [-0.25, -0.2) is 4.98 Å². The third-order valence-corrected chi connectivity index (χ3v) is 3.92. The third kappa shape index (κ3) is 3.61. The van der Waals surface area contributed by atoms with Crippen LogP contribution in [0.5, 0.6) is 11.6 Å². The maximum atomic E-state index is 5.93. The molecule has 0 saturated carbocycles. The third-order valence-electron chi connectivity index (χ3n) is 3.92. The fourth-order valence-corrected chi connectivity index (χ4v) is 2.78. The van der Waals surface area contributed by atoms with E-state index in [0.29, 0.717) is 5.88 Å². The number of aryl methyl sites for hydroxylation is 2. The average Bonchev–Trinajstić information content (AvgIpc) is 2.53. The SMILES string of the molecule is CCNCc1ccnc(Oc2ccc3c(c2)CCCC3)c1. The summed E-state index contributed by atoms with van der Waals surface area (Å²) in [5.41, 5.74) is 4.10. The molecule has 0 bridgehead atoms. The van der Waals surface area contributed by atoms with Gasteiger partial charge in [-0.15, -0.1) is 0 Å². The Morgan fingerprint density at radius 2 is 1.95 bits per heavy atom. The average molecular weight is 282 g/mol. The number of nitrogens with one attached hydrogen (secondary N) is 1. The quantitative estimate of drug-likeness (QED) is 0.904. The summed E-state index contributed by atoms with van der Waals surface area (Å²) in [6.07, 6.45) is 6.76. The Morgan fingerprint density at radius 1 is 1.10 bits per heavy atom. The highest BCUT2D eigenvalue weighted by Gasteiger charge is 2.10. The topological polar surface area (TPSA) is 34.2 Å². The predicted molar refractivity (Wildman–Crippen MR) is 84.8 cm³/mol. The number of fused-ring (bicyclic) bond motifs is 1. The molecule has 3 heteroatoms. The van der Waals surface area contributed by atoms with Crippen molar-refractivity contribution in [2.45, 2.75) is 39.2 Å². The lowest BCUT2D eigenvalue weighted by molar-refractivity contribution is 0.460. The molecule has 110 valence electrons. The molecule has 1 aliphatic carbocycles. The minimum Gasteiger partial charge on any atom is -0.439 e. The second-order valence-electron chi connectivity index (χ2n) is 5.52. The van der Waals surface area contributed by atoms with Crippen molar-refractivity contribution in [1.82, 2.24) is 10.3 Å². The van der Waals surface area contributed by atoms with Crippen molar-refractivity contribution in [3.63, 3.8) is 0 Å². The molecular formula is C18H22N2O. The largest absolute Gasteiger partial charge is 0.439 e. The molecule has 0 amide bonds. The Kier molecular flexibility index (Phi) is 4.51. The fraction of sp³-hybridized carbons (Fsp3) is 0.389. The molecule has 0 atom stereocenters. The summed E-state index contributed by atoms with van der Waals surface area (Å²) in [5.74, 6) is 1.56. The highest BCUT2D eigenvalue weighted by atomic mass is 16.5. The van der Waals surface area contributed by atoms with Gasteiger partial charge in [0, 0.05) is 18.8 Å². The molecule has 1 aromatic carbocycles. The second-order valence-corrected chi connectivity index (χ2v) is 5.52. The summed E-state index contributed by atoms with van der Waals surface area (Å²) < 4.78 is 5.93. The Labute approximate surface area is 126 Å². The van der Waals surface area contributed by atoms with E-state index in [1.807, 2.05) is 12.1 Å². The van der Waals surface area contributed by atoms with Gasteiger partial charge >= 0.3 is 0 Å². The maximum absolute atomic E-state index is 5.93. The molecule has 0 saturated heterocycles. The molecule has 3 nitrogen and oxygen atoms in total. The van der Waals surface area contributed by atoms with Gasteiger partial charge in [-0.2, -0.15) is 0 Å². The van der Waals surface area contributed by atoms with Crippen molar-refractivity contribution in [2.24, 2.45) is 0 Å². The van der Waals surface area contributed by atoms with E-state index in [-0.39, 0.29) is 0 Å². The molecule has 0 spiro atoms. The van der Waals surface area contributed by atoms with Gasteiger partial charge in [0.25, 0.3) is 0 Å². The van der Waals surface area contributed by atoms with Crippen molar-refractivity contribution < 1.29 is 4.74 Å². The molecule has 2 aromatic rings. The summed E-state index contributed by atoms with van der Waals surface area (Å²) in [6, 6.07) is 10.5. The van der Waals surface area contributed by atoms with Crippen molar-refractivity contribution in [2.75, 3.05) is 6.54 Å². The number of benzene rings is 1. The zero-order valence-corrected chi connectivity index (χ0v) is 12.6. The Bertz CT molecular complexity index is 610. The van der Waals surface area contributed by atoms with Crippen LogP contribution < -0.4 is 10.1 Å². The van der Waals surface area contributed by atoms with E-state index in [1.165, 1.54) is 42.4 Å². The lowest BCUT2D eigenvalue weighted by Crippen LogP contribution is -2.11. The molecule has 3 rings (SSSR count). The first-order valence-corrected chi connectivity index (χ1v) is 7.80. The smallest absolute Gasteiger partial charge is 0.219 e. The highest BCUT2D eigenvalue weighted by Crippen LogP contribution is 2.27. The molecule has 1 heterocycles. The van der Waals surface area contributed by atoms with Crippen molar-refractivity contribution >= 4 is 0 Å². The van der Waals surface area contributed by atoms with Crippen LogP contribution >= 0.6 is 0 Å². The van der Waals surface area contributed by atoms with Crippen LogP contribution in [0, 0.1) is 0 Å². The van der Waals surface area contributed by atoms with Crippen LogP contribution in [-0.2, 0) is 19.4 Å². The summed E-state index contributed by atoms with van der Waals surface area (Å²) in [7, 11) is 0. The number of pyridine rings is 1. The number of hydrogen-bond donors (Lipinski definition) is 1. The van der Waals surface area contributed by atoms with E-state index in [0.717, 1.165) is 18.8 Å². The van der Waals surface area contributed by atoms with Gasteiger partial charge in [-0.3, -0.25) is 0 Å². The lowest BCUT2D eigenvalue weighted by atomic mass is 9.92. The van der Waals surface area contributed by atoms with E-state index in [9.17, 15) is 0 Å². The van der Waals surface area contributed by atoms with Crippen molar-refractivity contribution in [3.8, 4) is 11.6 Å². The zero-order chi connectivity index (χ0) is 14.5. The van der Waals surface area contributed by atoms with Gasteiger partial charge in [0.1, 0.15) is 5.75 Å². The Morgan fingerprint density at radius 3 is 2.81 bits per heavy atom. The maximum Gasteiger partial charge on any atom is 0.219 e. The van der Waals surface area contributed by atoms with Crippen molar-refractivity contribution in [1.29, 1.82) is 0 Å². The fourth-order valence-electron chi connectivity index (χ4n) is 2.78. The number of ether oxygens (including phenoxy) is 1. The van der Waals surface area contributed by atoms with Gasteiger partial charge < -0.3 is 10.1 Å². The van der Waals surface area contributed by atoms with Gasteiger partial charge in [-0.05, 0) is 67.1 Å². The monoisotopic (exact) mass is 282 g/mol. The van der Waals surface area contributed by atoms with Gasteiger partial charge in [0.2, 0.25) is 5.88 Å². The van der Waals surface area contributed by atoms with Crippen LogP contribution in [0.15, 0.2) is 36.5 Å². The number of rotatable bonds is 5. The second kappa shape index (κ2) is 6.72. The van der Waals surface area contributed by atoms with E-state index >= 15 is 0 Å². The first-order chi connectivity index (χ1) is 10.3. The van der Waals surface area contributed by atoms with Crippen LogP contribution in [0.2, 0.25) is 0 Å². The minimum atomic E-state index is 0.668. The normalized spacial score (nSPS) is 13.8. The number of aromatic nitrogens is 1. The van der Waals surface area contributed by atoms with Crippen LogP contribution in [0.25, 0.3) is 0 Å². The molecule has 0 unspecified atom stereocenters. The summed E-state index contributed by atoms with van der Waals surface area (Å²) in [4.78, 5) is 4.30. The molecule has 1 N–H and O–H groups in total.